The Hall–Kier alpha value is -1.99. The van der Waals surface area contributed by atoms with E-state index in [0.717, 1.165) is 6.07 Å². The molecule has 0 aliphatic heterocycles. The minimum absolute atomic E-state index is 0.0924. The van der Waals surface area contributed by atoms with Gasteiger partial charge in [0.1, 0.15) is 11.9 Å². The molecule has 0 saturated carbocycles. The molecule has 6 nitrogen and oxygen atoms in total. The van der Waals surface area contributed by atoms with Gasteiger partial charge in [0.05, 0.1) is 24.5 Å². The number of carboxylic acids is 1. The lowest BCUT2D eigenvalue weighted by atomic mass is 10.2. The molecule has 1 rings (SSSR count). The summed E-state index contributed by atoms with van der Waals surface area (Å²) in [6, 6.07) is 3.25. The number of aromatic carboxylic acids is 1. The maximum absolute atomic E-state index is 13.6. The second-order valence-corrected chi connectivity index (χ2v) is 4.20. The average molecular weight is 299 g/mol. The molecular formula is C14H18FNO5. The number of halogens is 1. The molecule has 116 valence electrons. The zero-order valence-electron chi connectivity index (χ0n) is 11.9. The van der Waals surface area contributed by atoms with E-state index in [0.29, 0.717) is 13.2 Å². The standard InChI is InChI=1S/C14H18FNO5/c1-3-20-6-7-21-9(2)13(17)16-12-5-4-10(14(18)19)8-11(12)15/h4-5,8-9H,3,6-7H2,1-2H3,(H,16,17)(H,18,19). The monoisotopic (exact) mass is 299 g/mol. The van der Waals surface area contributed by atoms with Crippen LogP contribution in [0.3, 0.4) is 0 Å². The Morgan fingerprint density at radius 3 is 2.67 bits per heavy atom. The molecule has 0 bridgehead atoms. The second-order valence-electron chi connectivity index (χ2n) is 4.20. The summed E-state index contributed by atoms with van der Waals surface area (Å²) < 4.78 is 23.9. The van der Waals surface area contributed by atoms with Crippen molar-refractivity contribution >= 4 is 17.6 Å². The summed E-state index contributed by atoms with van der Waals surface area (Å²) in [6.45, 7) is 4.56. The molecule has 0 fully saturated rings. The highest BCUT2D eigenvalue weighted by molar-refractivity contribution is 5.95. The highest BCUT2D eigenvalue weighted by atomic mass is 19.1. The summed E-state index contributed by atoms with van der Waals surface area (Å²) in [5.74, 6) is -2.57. The molecule has 0 radical (unpaired) electrons. The Morgan fingerprint density at radius 2 is 2.10 bits per heavy atom. The van der Waals surface area contributed by atoms with E-state index in [4.69, 9.17) is 14.6 Å². The maximum atomic E-state index is 13.6. The van der Waals surface area contributed by atoms with Gasteiger partial charge in [-0.3, -0.25) is 4.79 Å². The molecule has 0 aliphatic rings. The normalized spacial score (nSPS) is 12.0. The molecule has 0 saturated heterocycles. The first-order valence-corrected chi connectivity index (χ1v) is 6.48. The maximum Gasteiger partial charge on any atom is 0.335 e. The minimum atomic E-state index is -1.24. The van der Waals surface area contributed by atoms with Crippen LogP contribution in [0.25, 0.3) is 0 Å². The van der Waals surface area contributed by atoms with Crippen LogP contribution in [0, 0.1) is 5.82 Å². The molecule has 1 aromatic carbocycles. The predicted molar refractivity (Wildman–Crippen MR) is 73.9 cm³/mol. The number of benzene rings is 1. The van der Waals surface area contributed by atoms with Gasteiger partial charge in [0.25, 0.3) is 5.91 Å². The predicted octanol–water partition coefficient (Wildman–Crippen LogP) is 1.90. The third-order valence-corrected chi connectivity index (χ3v) is 2.64. The summed E-state index contributed by atoms with van der Waals surface area (Å²) >= 11 is 0. The van der Waals surface area contributed by atoms with Crippen LogP contribution in [0.1, 0.15) is 24.2 Å². The van der Waals surface area contributed by atoms with Crippen LogP contribution in [0.4, 0.5) is 10.1 Å². The zero-order valence-corrected chi connectivity index (χ0v) is 11.9. The lowest BCUT2D eigenvalue weighted by Crippen LogP contribution is -2.29. The molecule has 0 aliphatic carbocycles. The van der Waals surface area contributed by atoms with Crippen LogP contribution in [0.2, 0.25) is 0 Å². The van der Waals surface area contributed by atoms with Gasteiger partial charge < -0.3 is 19.9 Å². The molecular weight excluding hydrogens is 281 g/mol. The molecule has 1 amide bonds. The first-order valence-electron chi connectivity index (χ1n) is 6.48. The van der Waals surface area contributed by atoms with E-state index >= 15 is 0 Å². The van der Waals surface area contributed by atoms with Crippen LogP contribution in [0.15, 0.2) is 18.2 Å². The van der Waals surface area contributed by atoms with E-state index in [1.165, 1.54) is 19.1 Å². The van der Waals surface area contributed by atoms with Crippen LogP contribution >= 0.6 is 0 Å². The number of anilines is 1. The Labute approximate surface area is 121 Å². The number of carbonyl (C=O) groups is 2. The molecule has 21 heavy (non-hydrogen) atoms. The number of rotatable bonds is 8. The largest absolute Gasteiger partial charge is 0.478 e. The van der Waals surface area contributed by atoms with Crippen molar-refractivity contribution in [3.05, 3.63) is 29.6 Å². The molecule has 0 spiro atoms. The molecule has 1 atom stereocenters. The fourth-order valence-electron chi connectivity index (χ4n) is 1.49. The second kappa shape index (κ2) is 8.33. The summed E-state index contributed by atoms with van der Waals surface area (Å²) in [7, 11) is 0. The van der Waals surface area contributed by atoms with E-state index in [2.05, 4.69) is 5.32 Å². The fraction of sp³-hybridized carbons (Fsp3) is 0.429. The lowest BCUT2D eigenvalue weighted by molar-refractivity contribution is -0.127. The van der Waals surface area contributed by atoms with Crippen LogP contribution in [0.5, 0.6) is 0 Å². The lowest BCUT2D eigenvalue weighted by Gasteiger charge is -2.14. The highest BCUT2D eigenvalue weighted by Crippen LogP contribution is 2.16. The Balaban J connectivity index is 2.56. The van der Waals surface area contributed by atoms with Gasteiger partial charge in [-0.05, 0) is 32.0 Å². The summed E-state index contributed by atoms with van der Waals surface area (Å²) in [6.07, 6.45) is -0.774. The van der Waals surface area contributed by atoms with E-state index < -0.39 is 23.8 Å². The first-order chi connectivity index (χ1) is 9.95. The quantitative estimate of drug-likeness (QED) is 0.716. The van der Waals surface area contributed by atoms with Crippen molar-refractivity contribution in [3.63, 3.8) is 0 Å². The molecule has 0 aromatic heterocycles. The van der Waals surface area contributed by atoms with Crippen molar-refractivity contribution in [3.8, 4) is 0 Å². The zero-order chi connectivity index (χ0) is 15.8. The van der Waals surface area contributed by atoms with Crippen LogP contribution in [-0.2, 0) is 14.3 Å². The van der Waals surface area contributed by atoms with Crippen molar-refractivity contribution in [2.75, 3.05) is 25.1 Å². The van der Waals surface area contributed by atoms with Crippen molar-refractivity contribution in [2.24, 2.45) is 0 Å². The van der Waals surface area contributed by atoms with Gasteiger partial charge >= 0.3 is 5.97 Å². The smallest absolute Gasteiger partial charge is 0.335 e. The third kappa shape index (κ3) is 5.49. The van der Waals surface area contributed by atoms with Crippen molar-refractivity contribution < 1.29 is 28.6 Å². The molecule has 1 aromatic rings. The van der Waals surface area contributed by atoms with Crippen LogP contribution in [-0.4, -0.2) is 42.9 Å². The molecule has 1 unspecified atom stereocenters. The van der Waals surface area contributed by atoms with E-state index in [1.807, 2.05) is 6.92 Å². The molecule has 7 heteroatoms. The van der Waals surface area contributed by atoms with Crippen molar-refractivity contribution in [1.82, 2.24) is 0 Å². The molecule has 2 N–H and O–H groups in total. The highest BCUT2D eigenvalue weighted by Gasteiger charge is 2.16. The molecule has 0 heterocycles. The van der Waals surface area contributed by atoms with Crippen molar-refractivity contribution in [1.29, 1.82) is 0 Å². The SMILES string of the molecule is CCOCCOC(C)C(=O)Nc1ccc(C(=O)O)cc1F. The Morgan fingerprint density at radius 1 is 1.38 bits per heavy atom. The number of amides is 1. The van der Waals surface area contributed by atoms with Gasteiger partial charge in [-0.2, -0.15) is 0 Å². The summed E-state index contributed by atoms with van der Waals surface area (Å²) in [5.41, 5.74) is -0.281. The van der Waals surface area contributed by atoms with Gasteiger partial charge in [-0.15, -0.1) is 0 Å². The van der Waals surface area contributed by atoms with Crippen LogP contribution < -0.4 is 5.32 Å². The topological polar surface area (TPSA) is 84.9 Å². The van der Waals surface area contributed by atoms with Crippen molar-refractivity contribution in [2.45, 2.75) is 20.0 Å². The first kappa shape index (κ1) is 17.1. The number of carboxylic acid groups (broad SMARTS) is 1. The van der Waals surface area contributed by atoms with Gasteiger partial charge in [-0.1, -0.05) is 0 Å². The minimum Gasteiger partial charge on any atom is -0.478 e. The van der Waals surface area contributed by atoms with Gasteiger partial charge in [0.15, 0.2) is 0 Å². The number of carbonyl (C=O) groups excluding carboxylic acids is 1. The van der Waals surface area contributed by atoms with E-state index in [1.54, 1.807) is 0 Å². The Kier molecular flexibility index (Phi) is 6.77. The van der Waals surface area contributed by atoms with E-state index in [-0.39, 0.29) is 17.9 Å². The van der Waals surface area contributed by atoms with Gasteiger partial charge in [0.2, 0.25) is 0 Å². The fourth-order valence-corrected chi connectivity index (χ4v) is 1.49. The summed E-state index contributed by atoms with van der Waals surface area (Å²) in [4.78, 5) is 22.5. The van der Waals surface area contributed by atoms with E-state index in [9.17, 15) is 14.0 Å². The Bertz CT molecular complexity index is 506. The number of nitrogens with one attached hydrogen (secondary N) is 1. The van der Waals surface area contributed by atoms with Gasteiger partial charge in [-0.25, -0.2) is 9.18 Å². The average Bonchev–Trinajstić information content (AvgIpc) is 2.45. The number of hydrogen-bond acceptors (Lipinski definition) is 4. The number of ether oxygens (including phenoxy) is 2. The van der Waals surface area contributed by atoms with Gasteiger partial charge in [0, 0.05) is 6.61 Å². The number of hydrogen-bond donors (Lipinski definition) is 2. The summed E-state index contributed by atoms with van der Waals surface area (Å²) in [5, 5.41) is 11.1. The third-order valence-electron chi connectivity index (χ3n) is 2.64.